The summed E-state index contributed by atoms with van der Waals surface area (Å²) in [5.74, 6) is -0.489. The molecule has 0 atom stereocenters. The van der Waals surface area contributed by atoms with Crippen molar-refractivity contribution in [3.05, 3.63) is 77.1 Å². The third-order valence-electron chi connectivity index (χ3n) is 3.81. The van der Waals surface area contributed by atoms with Crippen LogP contribution in [0.3, 0.4) is 0 Å². The number of carbonyl (C=O) groups excluding carboxylic acids is 2. The minimum absolute atomic E-state index is 0.113. The van der Waals surface area contributed by atoms with Crippen LogP contribution in [0, 0.1) is 0 Å². The molecule has 0 bridgehead atoms. The van der Waals surface area contributed by atoms with Crippen molar-refractivity contribution in [1.29, 1.82) is 0 Å². The molecule has 2 aromatic carbocycles. The number of para-hydroxylation sites is 1. The van der Waals surface area contributed by atoms with Gasteiger partial charge in [0.1, 0.15) is 5.69 Å². The molecule has 1 aromatic heterocycles. The number of carbonyl (C=O) groups is 2. The maximum Gasteiger partial charge on any atom is 0.522 e. The van der Waals surface area contributed by atoms with Crippen LogP contribution in [0.1, 0.15) is 32.1 Å². The van der Waals surface area contributed by atoms with Gasteiger partial charge >= 0.3 is 15.6 Å². The molecule has 1 heterocycles. The number of aromatic nitrogens is 3. The second-order valence-corrected chi connectivity index (χ2v) is 7.07. The van der Waals surface area contributed by atoms with Crippen molar-refractivity contribution < 1.29 is 35.7 Å². The zero-order chi connectivity index (χ0) is 21.4. The van der Waals surface area contributed by atoms with Gasteiger partial charge in [-0.2, -0.15) is 21.6 Å². The van der Waals surface area contributed by atoms with E-state index in [0.29, 0.717) is 16.8 Å². The lowest BCUT2D eigenvalue weighted by Gasteiger charge is -2.14. The first-order valence-corrected chi connectivity index (χ1v) is 9.19. The Balaban J connectivity index is 0.000000258. The number of rotatable bonds is 1. The summed E-state index contributed by atoms with van der Waals surface area (Å²) >= 11 is 0. The molecular formula is C17H10F3N3O5S. The number of fused-ring (bicyclic) bond motifs is 2. The molecule has 0 spiro atoms. The summed E-state index contributed by atoms with van der Waals surface area (Å²) in [6.45, 7) is 0. The SMILES string of the molecule is O=C1c2ccccc2C(=O)c2c1nnn2-c1ccccc1.O=S(=O)(O)C(F)(F)F. The normalized spacial score (nSPS) is 13.2. The topological polar surface area (TPSA) is 119 Å². The van der Waals surface area contributed by atoms with Gasteiger partial charge in [-0.05, 0) is 12.1 Å². The lowest BCUT2D eigenvalue weighted by Crippen LogP contribution is -2.22. The van der Waals surface area contributed by atoms with Crippen molar-refractivity contribution in [2.75, 3.05) is 0 Å². The molecule has 4 rings (SSSR count). The molecule has 150 valence electrons. The fourth-order valence-electron chi connectivity index (χ4n) is 2.52. The average Bonchev–Trinajstić information content (AvgIpc) is 3.11. The summed E-state index contributed by atoms with van der Waals surface area (Å²) in [7, 11) is -5.84. The molecule has 0 radical (unpaired) electrons. The smallest absolute Gasteiger partial charge is 0.287 e. The summed E-state index contributed by atoms with van der Waals surface area (Å²) < 4.78 is 59.0. The lowest BCUT2D eigenvalue weighted by atomic mass is 9.90. The predicted octanol–water partition coefficient (Wildman–Crippen LogP) is 2.44. The second-order valence-electron chi connectivity index (χ2n) is 5.66. The lowest BCUT2D eigenvalue weighted by molar-refractivity contribution is -0.0510. The van der Waals surface area contributed by atoms with Gasteiger partial charge in [-0.25, -0.2) is 4.68 Å². The Hall–Kier alpha value is -3.38. The highest BCUT2D eigenvalue weighted by Gasteiger charge is 2.44. The Morgan fingerprint density at radius 3 is 1.86 bits per heavy atom. The van der Waals surface area contributed by atoms with Gasteiger partial charge in [-0.15, -0.1) is 5.10 Å². The van der Waals surface area contributed by atoms with E-state index in [-0.39, 0.29) is 23.0 Å². The zero-order valence-electron chi connectivity index (χ0n) is 14.2. The van der Waals surface area contributed by atoms with E-state index in [0.717, 1.165) is 0 Å². The van der Waals surface area contributed by atoms with Crippen LogP contribution >= 0.6 is 0 Å². The highest BCUT2D eigenvalue weighted by molar-refractivity contribution is 7.86. The van der Waals surface area contributed by atoms with E-state index in [4.69, 9.17) is 13.0 Å². The van der Waals surface area contributed by atoms with Crippen molar-refractivity contribution in [2.45, 2.75) is 5.51 Å². The fraction of sp³-hybridized carbons (Fsp3) is 0.0588. The molecule has 1 aliphatic rings. The number of halogens is 3. The van der Waals surface area contributed by atoms with Gasteiger partial charge < -0.3 is 0 Å². The van der Waals surface area contributed by atoms with Crippen LogP contribution in [0.5, 0.6) is 0 Å². The Bertz CT molecular complexity index is 1200. The maximum absolute atomic E-state index is 12.7. The molecule has 12 heteroatoms. The number of benzene rings is 2. The van der Waals surface area contributed by atoms with E-state index in [9.17, 15) is 22.8 Å². The quantitative estimate of drug-likeness (QED) is 0.367. The van der Waals surface area contributed by atoms with Crippen molar-refractivity contribution in [1.82, 2.24) is 15.0 Å². The molecule has 0 saturated heterocycles. The monoisotopic (exact) mass is 425 g/mol. The van der Waals surface area contributed by atoms with Crippen LogP contribution in [0.15, 0.2) is 54.6 Å². The Labute approximate surface area is 161 Å². The van der Waals surface area contributed by atoms with Crippen molar-refractivity contribution >= 4 is 21.7 Å². The molecule has 1 aliphatic carbocycles. The van der Waals surface area contributed by atoms with E-state index < -0.39 is 15.6 Å². The number of hydrogen-bond acceptors (Lipinski definition) is 6. The largest absolute Gasteiger partial charge is 0.522 e. The summed E-state index contributed by atoms with van der Waals surface area (Å²) in [6.07, 6.45) is 0. The molecule has 8 nitrogen and oxygen atoms in total. The molecule has 0 amide bonds. The molecule has 29 heavy (non-hydrogen) atoms. The van der Waals surface area contributed by atoms with Gasteiger partial charge in [-0.3, -0.25) is 14.1 Å². The first kappa shape index (κ1) is 20.4. The average molecular weight is 425 g/mol. The summed E-state index contributed by atoms with van der Waals surface area (Å²) in [5, 5.41) is 7.88. The number of ketones is 2. The summed E-state index contributed by atoms with van der Waals surface area (Å²) in [5.41, 5.74) is -3.71. The van der Waals surface area contributed by atoms with Crippen LogP contribution in [-0.2, 0) is 10.1 Å². The van der Waals surface area contributed by atoms with E-state index in [2.05, 4.69) is 10.3 Å². The minimum Gasteiger partial charge on any atom is -0.287 e. The third-order valence-corrected chi connectivity index (χ3v) is 4.39. The molecular weight excluding hydrogens is 415 g/mol. The Morgan fingerprint density at radius 1 is 0.862 bits per heavy atom. The Morgan fingerprint density at radius 2 is 1.34 bits per heavy atom. The summed E-state index contributed by atoms with van der Waals surface area (Å²) in [6, 6.07) is 15.9. The highest BCUT2D eigenvalue weighted by Crippen LogP contribution is 2.27. The highest BCUT2D eigenvalue weighted by atomic mass is 32.2. The first-order chi connectivity index (χ1) is 13.5. The number of alkyl halides is 3. The maximum atomic E-state index is 12.7. The van der Waals surface area contributed by atoms with Gasteiger partial charge in [0.2, 0.25) is 11.6 Å². The first-order valence-electron chi connectivity index (χ1n) is 7.75. The van der Waals surface area contributed by atoms with E-state index in [1.165, 1.54) is 4.68 Å². The second kappa shape index (κ2) is 7.22. The van der Waals surface area contributed by atoms with Gasteiger partial charge in [0.05, 0.1) is 5.69 Å². The predicted molar refractivity (Wildman–Crippen MR) is 92.3 cm³/mol. The van der Waals surface area contributed by atoms with Crippen LogP contribution < -0.4 is 0 Å². The van der Waals surface area contributed by atoms with Crippen LogP contribution in [0.2, 0.25) is 0 Å². The van der Waals surface area contributed by atoms with Gasteiger partial charge in [-0.1, -0.05) is 47.7 Å². The van der Waals surface area contributed by atoms with Gasteiger partial charge in [0, 0.05) is 11.1 Å². The van der Waals surface area contributed by atoms with Gasteiger partial charge in [0.15, 0.2) is 5.69 Å². The van der Waals surface area contributed by atoms with Gasteiger partial charge in [0.25, 0.3) is 0 Å². The standard InChI is InChI=1S/C16H9N3O2.CHF3O3S/c20-15-11-8-4-5-9-12(11)16(21)14-13(15)17-18-19(14)10-6-2-1-3-7-10;2-1(3,4)8(5,6)7/h1-9H;(H,5,6,7). The van der Waals surface area contributed by atoms with Crippen LogP contribution in [0.4, 0.5) is 13.2 Å². The van der Waals surface area contributed by atoms with E-state index in [1.54, 1.807) is 24.3 Å². The van der Waals surface area contributed by atoms with Crippen molar-refractivity contribution in [2.24, 2.45) is 0 Å². The third kappa shape index (κ3) is 3.79. The van der Waals surface area contributed by atoms with Crippen LogP contribution in [0.25, 0.3) is 5.69 Å². The molecule has 0 unspecified atom stereocenters. The molecule has 0 aliphatic heterocycles. The zero-order valence-corrected chi connectivity index (χ0v) is 15.0. The van der Waals surface area contributed by atoms with E-state index in [1.807, 2.05) is 30.3 Å². The molecule has 0 fully saturated rings. The van der Waals surface area contributed by atoms with Crippen molar-refractivity contribution in [3.63, 3.8) is 0 Å². The van der Waals surface area contributed by atoms with Crippen LogP contribution in [-0.4, -0.2) is 45.0 Å². The minimum atomic E-state index is -5.84. The van der Waals surface area contributed by atoms with Crippen molar-refractivity contribution in [3.8, 4) is 5.69 Å². The Kier molecular flexibility index (Phi) is 5.07. The number of nitrogens with zero attached hydrogens (tertiary/aromatic N) is 3. The molecule has 0 saturated carbocycles. The fourth-order valence-corrected chi connectivity index (χ4v) is 2.52. The molecule has 1 N–H and O–H groups in total. The molecule has 3 aromatic rings. The number of hydrogen-bond donors (Lipinski definition) is 1. The van der Waals surface area contributed by atoms with E-state index >= 15 is 0 Å². The summed E-state index contributed by atoms with van der Waals surface area (Å²) in [4.78, 5) is 25.1.